The molecule has 0 amide bonds. The fourth-order valence-corrected chi connectivity index (χ4v) is 4.19. The van der Waals surface area contributed by atoms with Gasteiger partial charge in [-0.2, -0.15) is 0 Å². The van der Waals surface area contributed by atoms with Crippen molar-refractivity contribution in [2.75, 3.05) is 31.1 Å². The topological polar surface area (TPSA) is 92.4 Å². The molecule has 23 heavy (non-hydrogen) atoms. The highest BCUT2D eigenvalue weighted by atomic mass is 32.2. The summed E-state index contributed by atoms with van der Waals surface area (Å²) < 4.78 is 23.4. The van der Waals surface area contributed by atoms with Crippen LogP contribution in [0.2, 0.25) is 0 Å². The zero-order valence-electron chi connectivity index (χ0n) is 12.8. The number of aromatic nitrogens is 2. The molecule has 9 heteroatoms. The molecule has 2 N–H and O–H groups in total. The fourth-order valence-electron chi connectivity index (χ4n) is 2.76. The molecule has 2 aromatic heterocycles. The van der Waals surface area contributed by atoms with Gasteiger partial charge in [0.05, 0.1) is 6.04 Å². The highest BCUT2D eigenvalue weighted by Crippen LogP contribution is 2.26. The zero-order chi connectivity index (χ0) is 16.4. The number of hydrogen-bond donors (Lipinski definition) is 1. The van der Waals surface area contributed by atoms with Gasteiger partial charge in [0.2, 0.25) is 10.0 Å². The quantitative estimate of drug-likeness (QED) is 0.884. The number of sulfonamides is 1. The first kappa shape index (κ1) is 16.3. The molecular formula is C14H19N5O2S2. The average Bonchev–Trinajstić information content (AvgIpc) is 3.08. The van der Waals surface area contributed by atoms with Crippen LogP contribution in [0.4, 0.5) is 5.82 Å². The van der Waals surface area contributed by atoms with Crippen molar-refractivity contribution < 1.29 is 8.42 Å². The second-order valence-corrected chi connectivity index (χ2v) is 7.90. The lowest BCUT2D eigenvalue weighted by Gasteiger charge is -2.38. The van der Waals surface area contributed by atoms with Crippen molar-refractivity contribution in [1.29, 1.82) is 0 Å². The first-order valence-electron chi connectivity index (χ1n) is 7.33. The SMILES string of the molecule is CC(c1nccs1)N1CCN(c2ncccc2S(N)(=O)=O)CC1. The van der Waals surface area contributed by atoms with E-state index in [1.165, 1.54) is 6.07 Å². The van der Waals surface area contributed by atoms with E-state index in [4.69, 9.17) is 5.14 Å². The molecule has 3 heterocycles. The Hall–Kier alpha value is -1.55. The average molecular weight is 353 g/mol. The highest BCUT2D eigenvalue weighted by molar-refractivity contribution is 7.89. The van der Waals surface area contributed by atoms with Gasteiger partial charge in [-0.05, 0) is 19.1 Å². The molecule has 1 aliphatic rings. The van der Waals surface area contributed by atoms with Gasteiger partial charge in [-0.15, -0.1) is 11.3 Å². The Kier molecular flexibility index (Phi) is 4.62. The molecule has 0 radical (unpaired) electrons. The van der Waals surface area contributed by atoms with Crippen LogP contribution in [-0.4, -0.2) is 49.5 Å². The maximum Gasteiger partial charge on any atom is 0.241 e. The minimum absolute atomic E-state index is 0.0846. The number of anilines is 1. The van der Waals surface area contributed by atoms with Crippen molar-refractivity contribution in [3.8, 4) is 0 Å². The standard InChI is InChI=1S/C14H19N5O2S2/c1-11(14-17-5-10-22-14)18-6-8-19(9-7-18)13-12(23(15,20)21)3-2-4-16-13/h2-5,10-11H,6-9H2,1H3,(H2,15,20,21). The Morgan fingerprint density at radius 3 is 2.57 bits per heavy atom. The van der Waals surface area contributed by atoms with Gasteiger partial charge in [0.25, 0.3) is 0 Å². The van der Waals surface area contributed by atoms with Gasteiger partial charge in [0, 0.05) is 44.0 Å². The lowest BCUT2D eigenvalue weighted by Crippen LogP contribution is -2.47. The van der Waals surface area contributed by atoms with Gasteiger partial charge in [-0.25, -0.2) is 23.5 Å². The number of pyridine rings is 1. The molecule has 0 aromatic carbocycles. The van der Waals surface area contributed by atoms with Gasteiger partial charge in [0.15, 0.2) is 0 Å². The number of hydrogen-bond acceptors (Lipinski definition) is 7. The normalized spacial score (nSPS) is 18.1. The Morgan fingerprint density at radius 1 is 1.22 bits per heavy atom. The van der Waals surface area contributed by atoms with Crippen molar-refractivity contribution in [3.05, 3.63) is 34.9 Å². The molecule has 0 bridgehead atoms. The Bertz CT molecular complexity index is 755. The van der Waals surface area contributed by atoms with Gasteiger partial charge >= 0.3 is 0 Å². The largest absolute Gasteiger partial charge is 0.353 e. The summed E-state index contributed by atoms with van der Waals surface area (Å²) in [6.45, 7) is 5.19. The van der Waals surface area contributed by atoms with Crippen molar-refractivity contribution in [2.45, 2.75) is 17.9 Å². The van der Waals surface area contributed by atoms with Crippen molar-refractivity contribution >= 4 is 27.2 Å². The lowest BCUT2D eigenvalue weighted by atomic mass is 10.2. The van der Waals surface area contributed by atoms with Crippen LogP contribution in [-0.2, 0) is 10.0 Å². The smallest absolute Gasteiger partial charge is 0.241 e. The number of nitrogens with two attached hydrogens (primary N) is 1. The molecule has 1 unspecified atom stereocenters. The summed E-state index contributed by atoms with van der Waals surface area (Å²) in [6.07, 6.45) is 3.41. The minimum Gasteiger partial charge on any atom is -0.353 e. The summed E-state index contributed by atoms with van der Waals surface area (Å²) in [6, 6.07) is 3.35. The summed E-state index contributed by atoms with van der Waals surface area (Å²) >= 11 is 1.65. The van der Waals surface area contributed by atoms with E-state index in [1.54, 1.807) is 23.6 Å². The number of primary sulfonamides is 1. The maximum absolute atomic E-state index is 11.7. The van der Waals surface area contributed by atoms with E-state index in [1.807, 2.05) is 16.5 Å². The molecule has 0 aliphatic carbocycles. The molecule has 7 nitrogen and oxygen atoms in total. The predicted molar refractivity (Wildman–Crippen MR) is 89.9 cm³/mol. The van der Waals surface area contributed by atoms with Crippen LogP contribution < -0.4 is 10.0 Å². The number of piperazine rings is 1. The summed E-state index contributed by atoms with van der Waals surface area (Å²) in [5, 5.41) is 8.37. The Labute approximate surface area is 139 Å². The second-order valence-electron chi connectivity index (χ2n) is 5.44. The van der Waals surface area contributed by atoms with E-state index < -0.39 is 10.0 Å². The fraction of sp³-hybridized carbons (Fsp3) is 0.429. The number of nitrogens with zero attached hydrogens (tertiary/aromatic N) is 4. The third-order valence-electron chi connectivity index (χ3n) is 4.03. The first-order chi connectivity index (χ1) is 11.0. The molecule has 0 spiro atoms. The van der Waals surface area contributed by atoms with Gasteiger partial charge < -0.3 is 4.90 Å². The molecule has 124 valence electrons. The molecule has 0 saturated carbocycles. The summed E-state index contributed by atoms with van der Waals surface area (Å²) in [5.41, 5.74) is 0. The molecule has 1 aliphatic heterocycles. The van der Waals surface area contributed by atoms with E-state index in [0.717, 1.165) is 18.1 Å². The van der Waals surface area contributed by atoms with Crippen molar-refractivity contribution in [2.24, 2.45) is 5.14 Å². The van der Waals surface area contributed by atoms with Crippen LogP contribution in [0.1, 0.15) is 18.0 Å². The predicted octanol–water partition coefficient (Wildman–Crippen LogP) is 1.07. The van der Waals surface area contributed by atoms with E-state index in [9.17, 15) is 8.42 Å². The molecule has 1 atom stereocenters. The van der Waals surface area contributed by atoms with Crippen LogP contribution in [0, 0.1) is 0 Å². The van der Waals surface area contributed by atoms with Crippen LogP contribution in [0.5, 0.6) is 0 Å². The number of rotatable bonds is 4. The van der Waals surface area contributed by atoms with Crippen molar-refractivity contribution in [1.82, 2.24) is 14.9 Å². The maximum atomic E-state index is 11.7. The highest BCUT2D eigenvalue weighted by Gasteiger charge is 2.26. The Balaban J connectivity index is 1.73. The second kappa shape index (κ2) is 6.52. The minimum atomic E-state index is -3.77. The lowest BCUT2D eigenvalue weighted by molar-refractivity contribution is 0.197. The van der Waals surface area contributed by atoms with Gasteiger partial charge in [-0.1, -0.05) is 0 Å². The molecule has 2 aromatic rings. The third kappa shape index (κ3) is 3.52. The summed E-state index contributed by atoms with van der Waals surface area (Å²) in [7, 11) is -3.77. The van der Waals surface area contributed by atoms with E-state index in [-0.39, 0.29) is 10.9 Å². The van der Waals surface area contributed by atoms with E-state index >= 15 is 0 Å². The zero-order valence-corrected chi connectivity index (χ0v) is 14.4. The molecular weight excluding hydrogens is 334 g/mol. The van der Waals surface area contributed by atoms with E-state index in [2.05, 4.69) is 21.8 Å². The molecule has 1 fully saturated rings. The number of thiazole rings is 1. The van der Waals surface area contributed by atoms with Crippen molar-refractivity contribution in [3.63, 3.8) is 0 Å². The third-order valence-corrected chi connectivity index (χ3v) is 5.91. The van der Waals surface area contributed by atoms with Gasteiger partial charge in [-0.3, -0.25) is 4.90 Å². The van der Waals surface area contributed by atoms with Crippen LogP contribution >= 0.6 is 11.3 Å². The van der Waals surface area contributed by atoms with Gasteiger partial charge in [0.1, 0.15) is 15.7 Å². The Morgan fingerprint density at radius 2 is 1.96 bits per heavy atom. The van der Waals surface area contributed by atoms with Crippen LogP contribution in [0.25, 0.3) is 0 Å². The van der Waals surface area contributed by atoms with E-state index in [0.29, 0.717) is 18.9 Å². The monoisotopic (exact) mass is 353 g/mol. The van der Waals surface area contributed by atoms with Crippen LogP contribution in [0.3, 0.4) is 0 Å². The van der Waals surface area contributed by atoms with Crippen LogP contribution in [0.15, 0.2) is 34.8 Å². The molecule has 3 rings (SSSR count). The molecule has 1 saturated heterocycles. The first-order valence-corrected chi connectivity index (χ1v) is 9.75. The summed E-state index contributed by atoms with van der Waals surface area (Å²) in [4.78, 5) is 13.0. The summed E-state index contributed by atoms with van der Waals surface area (Å²) in [5.74, 6) is 0.441.